The maximum Gasteiger partial charge on any atom is 0.191 e. The summed E-state index contributed by atoms with van der Waals surface area (Å²) >= 11 is 1.75. The van der Waals surface area contributed by atoms with Gasteiger partial charge in [0.15, 0.2) is 5.96 Å². The van der Waals surface area contributed by atoms with Crippen LogP contribution in [0.2, 0.25) is 0 Å². The Labute approximate surface area is 179 Å². The maximum absolute atomic E-state index is 4.77. The second-order valence-corrected chi connectivity index (χ2v) is 8.71. The van der Waals surface area contributed by atoms with Crippen LogP contribution in [-0.4, -0.2) is 62.1 Å². The second-order valence-electron chi connectivity index (χ2n) is 7.93. The zero-order valence-electron chi connectivity index (χ0n) is 18.0. The molecule has 0 radical (unpaired) electrons. The van der Waals surface area contributed by atoms with Crippen molar-refractivity contribution in [3.63, 3.8) is 0 Å². The van der Waals surface area contributed by atoms with Gasteiger partial charge in [0.1, 0.15) is 0 Å². The number of likely N-dealkylation sites (N-methyl/N-ethyl adjacent to an activating group) is 1. The number of nitrogens with zero attached hydrogens (tertiary/aromatic N) is 3. The van der Waals surface area contributed by atoms with E-state index in [1.54, 1.807) is 11.3 Å². The molecule has 1 saturated heterocycles. The van der Waals surface area contributed by atoms with Gasteiger partial charge < -0.3 is 15.5 Å². The summed E-state index contributed by atoms with van der Waals surface area (Å²) in [6.07, 6.45) is 0. The van der Waals surface area contributed by atoms with Gasteiger partial charge in [-0.05, 0) is 53.4 Å². The summed E-state index contributed by atoms with van der Waals surface area (Å²) in [6, 6.07) is 11.1. The molecule has 29 heavy (non-hydrogen) atoms. The Morgan fingerprint density at radius 1 is 1.07 bits per heavy atom. The predicted octanol–water partition coefficient (Wildman–Crippen LogP) is 3.35. The van der Waals surface area contributed by atoms with E-state index in [9.17, 15) is 0 Å². The number of rotatable bonds is 8. The molecule has 0 bridgehead atoms. The summed E-state index contributed by atoms with van der Waals surface area (Å²) in [5, 5.41) is 11.2. The largest absolute Gasteiger partial charge is 0.357 e. The van der Waals surface area contributed by atoms with Gasteiger partial charge in [-0.3, -0.25) is 4.90 Å². The molecule has 1 atom stereocenters. The van der Waals surface area contributed by atoms with Crippen LogP contribution in [0, 0.1) is 0 Å². The fraction of sp³-hybridized carbons (Fsp3) is 0.522. The summed E-state index contributed by atoms with van der Waals surface area (Å²) in [4.78, 5) is 9.71. The second kappa shape index (κ2) is 11.3. The molecule has 6 heteroatoms. The average molecular weight is 414 g/mol. The quantitative estimate of drug-likeness (QED) is 0.514. The molecule has 2 aromatic rings. The first-order valence-corrected chi connectivity index (χ1v) is 11.6. The van der Waals surface area contributed by atoms with Gasteiger partial charge in [-0.15, -0.1) is 0 Å². The molecule has 1 aliphatic heterocycles. The van der Waals surface area contributed by atoms with Crippen molar-refractivity contribution >= 4 is 17.3 Å². The molecule has 0 amide bonds. The van der Waals surface area contributed by atoms with E-state index in [0.29, 0.717) is 12.5 Å². The maximum atomic E-state index is 4.77. The molecule has 1 fully saturated rings. The first-order chi connectivity index (χ1) is 14.1. The third-order valence-corrected chi connectivity index (χ3v) is 6.18. The highest BCUT2D eigenvalue weighted by molar-refractivity contribution is 7.07. The minimum absolute atomic E-state index is 0.471. The van der Waals surface area contributed by atoms with Crippen molar-refractivity contribution in [3.05, 3.63) is 57.8 Å². The van der Waals surface area contributed by atoms with Gasteiger partial charge >= 0.3 is 0 Å². The van der Waals surface area contributed by atoms with E-state index in [2.05, 4.69) is 82.4 Å². The number of aliphatic imine (C=N–C) groups is 1. The first kappa shape index (κ1) is 21.8. The van der Waals surface area contributed by atoms with Crippen molar-refractivity contribution in [2.24, 2.45) is 4.99 Å². The lowest BCUT2D eigenvalue weighted by atomic mass is 10.1. The fourth-order valence-electron chi connectivity index (χ4n) is 3.45. The van der Waals surface area contributed by atoms with Crippen molar-refractivity contribution in [1.82, 2.24) is 20.4 Å². The molecule has 158 valence electrons. The highest BCUT2D eigenvalue weighted by atomic mass is 32.1. The average Bonchev–Trinajstić information content (AvgIpc) is 3.28. The van der Waals surface area contributed by atoms with Gasteiger partial charge in [0.05, 0.1) is 6.54 Å². The van der Waals surface area contributed by atoms with Crippen LogP contribution in [0.25, 0.3) is 0 Å². The van der Waals surface area contributed by atoms with Crippen molar-refractivity contribution in [3.8, 4) is 0 Å². The van der Waals surface area contributed by atoms with E-state index in [4.69, 9.17) is 4.99 Å². The van der Waals surface area contributed by atoms with Crippen molar-refractivity contribution in [2.45, 2.75) is 32.9 Å². The summed E-state index contributed by atoms with van der Waals surface area (Å²) in [6.45, 7) is 12.5. The van der Waals surface area contributed by atoms with Crippen LogP contribution in [0.15, 0.2) is 46.1 Å². The summed E-state index contributed by atoms with van der Waals surface area (Å²) < 4.78 is 0. The van der Waals surface area contributed by atoms with Crippen molar-refractivity contribution in [1.29, 1.82) is 0 Å². The minimum Gasteiger partial charge on any atom is -0.357 e. The smallest absolute Gasteiger partial charge is 0.191 e. The lowest BCUT2D eigenvalue weighted by molar-refractivity contribution is 0.148. The van der Waals surface area contributed by atoms with Gasteiger partial charge in [-0.2, -0.15) is 11.3 Å². The molecule has 2 heterocycles. The molecule has 1 aromatic carbocycles. The van der Waals surface area contributed by atoms with Crippen molar-refractivity contribution in [2.75, 3.05) is 46.3 Å². The molecule has 1 aliphatic rings. The summed E-state index contributed by atoms with van der Waals surface area (Å²) in [5.41, 5.74) is 4.02. The van der Waals surface area contributed by atoms with Crippen LogP contribution < -0.4 is 10.6 Å². The number of thiophene rings is 1. The van der Waals surface area contributed by atoms with Crippen LogP contribution in [0.4, 0.5) is 0 Å². The number of benzene rings is 1. The fourth-order valence-corrected chi connectivity index (χ4v) is 4.23. The van der Waals surface area contributed by atoms with Crippen LogP contribution in [0.1, 0.15) is 36.5 Å². The lowest BCUT2D eigenvalue weighted by Gasteiger charge is -2.32. The molecule has 1 unspecified atom stereocenters. The molecule has 1 aromatic heterocycles. The predicted molar refractivity (Wildman–Crippen MR) is 125 cm³/mol. The zero-order chi connectivity index (χ0) is 20.5. The molecule has 0 aliphatic carbocycles. The van der Waals surface area contributed by atoms with Gasteiger partial charge in [-0.25, -0.2) is 4.99 Å². The van der Waals surface area contributed by atoms with Gasteiger partial charge in [0.2, 0.25) is 0 Å². The summed E-state index contributed by atoms with van der Waals surface area (Å²) in [7, 11) is 2.20. The van der Waals surface area contributed by atoms with E-state index in [1.165, 1.54) is 16.7 Å². The van der Waals surface area contributed by atoms with Crippen LogP contribution in [0.3, 0.4) is 0 Å². The Balaban J connectivity index is 1.49. The van der Waals surface area contributed by atoms with E-state index < -0.39 is 0 Å². The van der Waals surface area contributed by atoms with Crippen molar-refractivity contribution < 1.29 is 0 Å². The molecule has 0 spiro atoms. The monoisotopic (exact) mass is 413 g/mol. The highest BCUT2D eigenvalue weighted by Gasteiger charge is 2.13. The van der Waals surface area contributed by atoms with E-state index >= 15 is 0 Å². The normalized spacial score (nSPS) is 17.3. The Hall–Kier alpha value is -1.89. The number of hydrogen-bond donors (Lipinski definition) is 2. The Bertz CT molecular complexity index is 733. The van der Waals surface area contributed by atoms with E-state index in [1.807, 2.05) is 0 Å². The lowest BCUT2D eigenvalue weighted by Crippen LogP contribution is -2.43. The van der Waals surface area contributed by atoms with Gasteiger partial charge in [0, 0.05) is 45.8 Å². The van der Waals surface area contributed by atoms with Crippen LogP contribution in [0.5, 0.6) is 0 Å². The number of hydrogen-bond acceptors (Lipinski definition) is 4. The zero-order valence-corrected chi connectivity index (χ0v) is 18.8. The molecule has 0 saturated carbocycles. The van der Waals surface area contributed by atoms with Crippen LogP contribution in [-0.2, 0) is 13.1 Å². The number of guanidine groups is 1. The Morgan fingerprint density at radius 2 is 1.79 bits per heavy atom. The van der Waals surface area contributed by atoms with E-state index in [-0.39, 0.29) is 0 Å². The minimum atomic E-state index is 0.471. The number of nitrogens with one attached hydrogen (secondary N) is 2. The summed E-state index contributed by atoms with van der Waals surface area (Å²) in [5.74, 6) is 1.36. The molecular formula is C23H35N5S. The SMILES string of the molecule is CCNC(=NCc1ccc(CN2CCN(C)CC2)cc1)NCC(C)c1ccsc1. The third kappa shape index (κ3) is 7.14. The van der Waals surface area contributed by atoms with Gasteiger partial charge in [-0.1, -0.05) is 31.2 Å². The highest BCUT2D eigenvalue weighted by Crippen LogP contribution is 2.17. The van der Waals surface area contributed by atoms with Gasteiger partial charge in [0.25, 0.3) is 0 Å². The van der Waals surface area contributed by atoms with Crippen LogP contribution >= 0.6 is 11.3 Å². The Morgan fingerprint density at radius 3 is 2.45 bits per heavy atom. The number of piperazine rings is 1. The molecular weight excluding hydrogens is 378 g/mol. The molecule has 5 nitrogen and oxygen atoms in total. The molecule has 3 rings (SSSR count). The third-order valence-electron chi connectivity index (χ3n) is 5.48. The molecule has 2 N–H and O–H groups in total. The topological polar surface area (TPSA) is 42.9 Å². The van der Waals surface area contributed by atoms with E-state index in [0.717, 1.165) is 51.8 Å². The first-order valence-electron chi connectivity index (χ1n) is 10.7. The Kier molecular flexibility index (Phi) is 8.52. The standard InChI is InChI=1S/C23H35N5S/c1-4-24-23(25-15-19(2)22-9-14-29-18-22)26-16-20-5-7-21(8-6-20)17-28-12-10-27(3)11-13-28/h5-9,14,18-19H,4,10-13,15-17H2,1-3H3,(H2,24,25,26).